The quantitative estimate of drug-likeness (QED) is 0.0647. The van der Waals surface area contributed by atoms with Gasteiger partial charge in [-0.05, 0) is 24.3 Å². The maximum atomic E-state index is 12.8. The highest BCUT2D eigenvalue weighted by atomic mass is 32.2. The van der Waals surface area contributed by atoms with Gasteiger partial charge in [-0.25, -0.2) is 4.79 Å². The maximum Gasteiger partial charge on any atom is 0.338 e. The lowest BCUT2D eigenvalue weighted by molar-refractivity contribution is -0.156. The number of fused-ring (bicyclic) bond motifs is 1. The van der Waals surface area contributed by atoms with E-state index in [4.69, 9.17) is 15.3 Å². The van der Waals surface area contributed by atoms with E-state index in [0.717, 1.165) is 23.7 Å². The van der Waals surface area contributed by atoms with Gasteiger partial charge >= 0.3 is 11.9 Å². The Balaban J connectivity index is 1.37. The van der Waals surface area contributed by atoms with Gasteiger partial charge in [0.25, 0.3) is 5.91 Å². The number of nitrogen functional groups attached to an aromatic ring is 1. The zero-order valence-corrected chi connectivity index (χ0v) is 21.8. The number of amides is 2. The second-order valence-corrected chi connectivity index (χ2v) is 10.3. The smallest absolute Gasteiger partial charge is 0.338 e. The zero-order chi connectivity index (χ0) is 28.3. The first-order valence-electron chi connectivity index (χ1n) is 11.1. The molecular weight excluding hydrogens is 556 g/mol. The predicted octanol–water partition coefficient (Wildman–Crippen LogP) is -0.234. The molecule has 1 aromatic heterocycles. The molecule has 6 N–H and O–H groups in total. The number of anilines is 1. The number of nitrogens with one attached hydrogen (secondary N) is 1. The van der Waals surface area contributed by atoms with Crippen LogP contribution in [0.3, 0.4) is 0 Å². The molecular formula is C22H22N6O9S2. The van der Waals surface area contributed by atoms with Crippen molar-refractivity contribution < 1.29 is 44.1 Å². The number of nitrogens with zero attached hydrogens (tertiary/aromatic N) is 4. The lowest BCUT2D eigenvalue weighted by Crippen LogP contribution is -2.73. The molecule has 2 saturated heterocycles. The monoisotopic (exact) mass is 578 g/mol. The largest absolute Gasteiger partial charge is 0.504 e. The highest BCUT2D eigenvalue weighted by Crippen LogP contribution is 2.43. The summed E-state index contributed by atoms with van der Waals surface area (Å²) >= 11 is 2.03. The van der Waals surface area contributed by atoms with E-state index in [9.17, 15) is 34.5 Å². The van der Waals surface area contributed by atoms with Crippen molar-refractivity contribution >= 4 is 57.9 Å². The van der Waals surface area contributed by atoms with Crippen LogP contribution < -0.4 is 11.1 Å². The number of phenolic OH excluding ortho intramolecular Hbond substituents is 2. The van der Waals surface area contributed by atoms with Crippen LogP contribution in [0.1, 0.15) is 16.2 Å². The number of β-lactam (4-membered cyclic amide) rings is 1. The van der Waals surface area contributed by atoms with E-state index in [1.165, 1.54) is 42.0 Å². The summed E-state index contributed by atoms with van der Waals surface area (Å²) in [7, 11) is 1.23. The normalized spacial score (nSPS) is 22.6. The van der Waals surface area contributed by atoms with Crippen molar-refractivity contribution in [1.29, 1.82) is 0 Å². The molecule has 0 spiro atoms. The Morgan fingerprint density at radius 3 is 2.74 bits per heavy atom. The molecule has 2 fully saturated rings. The van der Waals surface area contributed by atoms with Crippen molar-refractivity contribution in [3.63, 3.8) is 0 Å². The maximum absolute atomic E-state index is 12.8. The first-order valence-corrected chi connectivity index (χ1v) is 12.9. The average molecular weight is 579 g/mol. The third kappa shape index (κ3) is 5.58. The van der Waals surface area contributed by atoms with Crippen molar-refractivity contribution in [1.82, 2.24) is 19.6 Å². The number of aromatic hydroxyl groups is 2. The number of hydrogen-bond donors (Lipinski definition) is 5. The van der Waals surface area contributed by atoms with Crippen LogP contribution in [0.2, 0.25) is 0 Å². The van der Waals surface area contributed by atoms with Crippen LogP contribution in [0.5, 0.6) is 11.5 Å². The lowest BCUT2D eigenvalue weighted by atomic mass is 9.86. The topological polar surface area (TPSA) is 227 Å². The minimum atomic E-state index is -1.46. The first kappa shape index (κ1) is 27.6. The van der Waals surface area contributed by atoms with E-state index in [0.29, 0.717) is 0 Å². The Morgan fingerprint density at radius 2 is 2.10 bits per heavy atom. The number of carboxylic acid groups (broad SMARTS) is 1. The van der Waals surface area contributed by atoms with Crippen LogP contribution in [0.4, 0.5) is 5.13 Å². The Morgan fingerprint density at radius 1 is 1.33 bits per heavy atom. The van der Waals surface area contributed by atoms with Crippen molar-refractivity contribution in [2.24, 2.45) is 10.6 Å². The number of carboxylic acids is 1. The second kappa shape index (κ2) is 11.2. The number of ether oxygens (including phenoxy) is 1. The first-order chi connectivity index (χ1) is 18.6. The number of nitrogens with two attached hydrogens (primary N) is 1. The molecule has 0 aliphatic carbocycles. The standard InChI is InChI=1S/C22H22N6O9S2/c1-36-26-13(15-25-21(23)39-27-15)16(31)24-14-17(32)28-8-22(20(34)35,9-38-18(14)28)5-2-6-37-19(33)10-3-4-11(29)12(30)7-10/h2-5,7,14,18,29-30H,6,8-9H2,1H3,(H,24,31)(H,34,35)(H2,23,25,27)/t14?,18-,22?/m1/s1. The molecule has 3 heterocycles. The van der Waals surface area contributed by atoms with E-state index >= 15 is 0 Å². The molecule has 2 aliphatic rings. The molecule has 2 amide bonds. The van der Waals surface area contributed by atoms with E-state index < -0.39 is 52.1 Å². The molecule has 39 heavy (non-hydrogen) atoms. The van der Waals surface area contributed by atoms with Gasteiger partial charge in [0.05, 0.1) is 5.56 Å². The summed E-state index contributed by atoms with van der Waals surface area (Å²) in [5.41, 5.74) is 3.83. The second-order valence-electron chi connectivity index (χ2n) is 8.36. The predicted molar refractivity (Wildman–Crippen MR) is 137 cm³/mol. The summed E-state index contributed by atoms with van der Waals surface area (Å²) in [6, 6.07) is 2.50. The summed E-state index contributed by atoms with van der Waals surface area (Å²) in [5.74, 6) is -4.08. The summed E-state index contributed by atoms with van der Waals surface area (Å²) in [5, 5.41) is 34.6. The third-order valence-electron chi connectivity index (χ3n) is 5.83. The van der Waals surface area contributed by atoms with Crippen LogP contribution in [-0.4, -0.2) is 96.5 Å². The highest BCUT2D eigenvalue weighted by Gasteiger charge is 2.57. The van der Waals surface area contributed by atoms with Gasteiger partial charge in [0.1, 0.15) is 30.5 Å². The van der Waals surface area contributed by atoms with Gasteiger partial charge in [0.2, 0.25) is 17.4 Å². The SMILES string of the molecule is CON=C(C(=O)NC1C(=O)N2CC(C=CCOC(=O)c3ccc(O)c(O)c3)(C(=O)O)CS[C@H]12)c1nsc(N)n1. The van der Waals surface area contributed by atoms with Crippen LogP contribution in [0.25, 0.3) is 0 Å². The van der Waals surface area contributed by atoms with Crippen molar-refractivity contribution in [3.05, 3.63) is 41.7 Å². The number of oxime groups is 1. The number of aliphatic carboxylic acids is 1. The minimum Gasteiger partial charge on any atom is -0.504 e. The van der Waals surface area contributed by atoms with Crippen molar-refractivity contribution in [2.75, 3.05) is 31.7 Å². The van der Waals surface area contributed by atoms with Gasteiger partial charge in [-0.3, -0.25) is 14.4 Å². The molecule has 206 valence electrons. The van der Waals surface area contributed by atoms with E-state index in [1.807, 2.05) is 0 Å². The molecule has 3 atom stereocenters. The number of rotatable bonds is 9. The molecule has 0 radical (unpaired) electrons. The number of aromatic nitrogens is 2. The Bertz CT molecular complexity index is 1380. The molecule has 2 aliphatic heterocycles. The Hall–Kier alpha value is -4.38. The van der Waals surface area contributed by atoms with Gasteiger partial charge in [-0.1, -0.05) is 11.2 Å². The average Bonchev–Trinajstić information content (AvgIpc) is 3.34. The Labute approximate surface area is 228 Å². The van der Waals surface area contributed by atoms with Gasteiger partial charge in [0.15, 0.2) is 16.6 Å². The molecule has 1 aromatic carbocycles. The molecule has 0 saturated carbocycles. The summed E-state index contributed by atoms with van der Waals surface area (Å²) < 4.78 is 9.00. The van der Waals surface area contributed by atoms with Gasteiger partial charge < -0.3 is 40.8 Å². The number of benzene rings is 1. The zero-order valence-electron chi connectivity index (χ0n) is 20.1. The number of carbonyl (C=O) groups is 4. The molecule has 4 rings (SSSR count). The number of thioether (sulfide) groups is 1. The van der Waals surface area contributed by atoms with Crippen LogP contribution in [0, 0.1) is 5.41 Å². The fraction of sp³-hybridized carbons (Fsp3) is 0.318. The summed E-state index contributed by atoms with van der Waals surface area (Å²) in [6.45, 7) is -0.433. The summed E-state index contributed by atoms with van der Waals surface area (Å²) in [4.78, 5) is 59.9. The minimum absolute atomic E-state index is 0.00490. The van der Waals surface area contributed by atoms with E-state index in [-0.39, 0.29) is 41.1 Å². The molecule has 17 heteroatoms. The van der Waals surface area contributed by atoms with Gasteiger partial charge in [0, 0.05) is 23.8 Å². The van der Waals surface area contributed by atoms with E-state index in [1.54, 1.807) is 0 Å². The van der Waals surface area contributed by atoms with Crippen molar-refractivity contribution in [3.8, 4) is 11.5 Å². The number of carbonyl (C=O) groups excluding carboxylic acids is 3. The van der Waals surface area contributed by atoms with E-state index in [2.05, 4.69) is 19.8 Å². The number of hydrogen-bond acceptors (Lipinski definition) is 14. The molecule has 2 aromatic rings. The van der Waals surface area contributed by atoms with Crippen molar-refractivity contribution in [2.45, 2.75) is 11.4 Å². The number of phenols is 2. The van der Waals surface area contributed by atoms with Crippen LogP contribution in [-0.2, 0) is 24.0 Å². The molecule has 2 unspecified atom stereocenters. The van der Waals surface area contributed by atoms with Gasteiger partial charge in [-0.15, -0.1) is 11.8 Å². The van der Waals surface area contributed by atoms with Gasteiger partial charge in [-0.2, -0.15) is 9.36 Å². The third-order valence-corrected chi connectivity index (χ3v) is 7.92. The summed E-state index contributed by atoms with van der Waals surface area (Å²) in [6.07, 6.45) is 2.72. The highest BCUT2D eigenvalue weighted by molar-refractivity contribution is 8.00. The number of esters is 1. The fourth-order valence-electron chi connectivity index (χ4n) is 3.84. The fourth-order valence-corrected chi connectivity index (χ4v) is 5.79. The van der Waals surface area contributed by atoms with Crippen LogP contribution in [0.15, 0.2) is 35.5 Å². The Kier molecular flexibility index (Phi) is 7.91. The molecule has 0 bridgehead atoms. The lowest BCUT2D eigenvalue weighted by Gasteiger charge is -2.53. The molecule has 15 nitrogen and oxygen atoms in total. The van der Waals surface area contributed by atoms with Crippen LogP contribution >= 0.6 is 23.3 Å².